The third-order valence-corrected chi connectivity index (χ3v) is 1.77. The molecule has 0 radical (unpaired) electrons. The van der Waals surface area contributed by atoms with Gasteiger partial charge in [0.25, 0.3) is 0 Å². The molecule has 13 heavy (non-hydrogen) atoms. The number of carbonyl (C=O) groups excluding carboxylic acids is 2. The molecule has 0 saturated heterocycles. The topological polar surface area (TPSA) is 43.4 Å². The smallest absolute Gasteiger partial charge is 0.374 e. The highest BCUT2D eigenvalue weighted by Crippen LogP contribution is 2.02. The molecule has 0 aromatic rings. The van der Waals surface area contributed by atoms with E-state index < -0.39 is 11.8 Å². The molecule has 0 heterocycles. The van der Waals surface area contributed by atoms with E-state index in [0.29, 0.717) is 6.61 Å². The minimum absolute atomic E-state index is 0.377. The first-order chi connectivity index (χ1) is 6.18. The van der Waals surface area contributed by atoms with Gasteiger partial charge in [0.15, 0.2) is 0 Å². The Bertz CT molecular complexity index is 164. The van der Waals surface area contributed by atoms with Crippen molar-refractivity contribution in [1.82, 2.24) is 0 Å². The van der Waals surface area contributed by atoms with Gasteiger partial charge in [0.2, 0.25) is 5.78 Å². The van der Waals surface area contributed by atoms with Gasteiger partial charge in [-0.15, -0.1) is 0 Å². The van der Waals surface area contributed by atoms with Gasteiger partial charge in [-0.05, 0) is 6.42 Å². The summed E-state index contributed by atoms with van der Waals surface area (Å²) >= 11 is 0. The van der Waals surface area contributed by atoms with Gasteiger partial charge in [-0.25, -0.2) is 4.79 Å². The molecule has 0 fully saturated rings. The lowest BCUT2D eigenvalue weighted by molar-refractivity contribution is -0.153. The number of rotatable bonds is 7. The molecular formula is C10H18O3. The molecule has 3 nitrogen and oxygen atoms in total. The van der Waals surface area contributed by atoms with E-state index in [1.807, 2.05) is 0 Å². The summed E-state index contributed by atoms with van der Waals surface area (Å²) in [7, 11) is 0. The van der Waals surface area contributed by atoms with Crippen LogP contribution in [0.4, 0.5) is 0 Å². The summed E-state index contributed by atoms with van der Waals surface area (Å²) in [6.07, 6.45) is 5.53. The predicted octanol–water partition coefficient (Wildman–Crippen LogP) is 2.09. The number of ketones is 1. The first-order valence-corrected chi connectivity index (χ1v) is 4.86. The molecule has 0 aliphatic carbocycles. The molecule has 0 unspecified atom stereocenters. The maximum Gasteiger partial charge on any atom is 0.374 e. The van der Waals surface area contributed by atoms with E-state index in [0.717, 1.165) is 12.8 Å². The summed E-state index contributed by atoms with van der Waals surface area (Å²) in [4.78, 5) is 21.1. The van der Waals surface area contributed by atoms with Gasteiger partial charge < -0.3 is 4.74 Å². The number of hydrogen-bond acceptors (Lipinski definition) is 3. The van der Waals surface area contributed by atoms with Crippen LogP contribution in [0.25, 0.3) is 0 Å². The Morgan fingerprint density at radius 2 is 1.69 bits per heavy atom. The van der Waals surface area contributed by atoms with E-state index in [9.17, 15) is 9.59 Å². The van der Waals surface area contributed by atoms with E-state index in [4.69, 9.17) is 4.74 Å². The Kier molecular flexibility index (Phi) is 7.26. The van der Waals surface area contributed by atoms with Crippen molar-refractivity contribution in [3.8, 4) is 0 Å². The highest BCUT2D eigenvalue weighted by molar-refractivity contribution is 6.32. The summed E-state index contributed by atoms with van der Waals surface area (Å²) in [5.41, 5.74) is 0. The fourth-order valence-electron chi connectivity index (χ4n) is 0.972. The second kappa shape index (κ2) is 7.77. The molecule has 0 aromatic carbocycles. The van der Waals surface area contributed by atoms with Crippen molar-refractivity contribution in [3.63, 3.8) is 0 Å². The summed E-state index contributed by atoms with van der Waals surface area (Å²) < 4.78 is 4.70. The minimum Gasteiger partial charge on any atom is -0.460 e. The van der Waals surface area contributed by atoms with Crippen molar-refractivity contribution >= 4 is 11.8 Å². The van der Waals surface area contributed by atoms with Crippen LogP contribution in [-0.2, 0) is 14.3 Å². The van der Waals surface area contributed by atoms with Gasteiger partial charge in [0, 0.05) is 6.92 Å². The van der Waals surface area contributed by atoms with Crippen LogP contribution in [0.5, 0.6) is 0 Å². The summed E-state index contributed by atoms with van der Waals surface area (Å²) in [6.45, 7) is 3.75. The maximum atomic E-state index is 10.7. The fraction of sp³-hybridized carbons (Fsp3) is 0.800. The molecule has 3 heteroatoms. The third-order valence-electron chi connectivity index (χ3n) is 1.77. The van der Waals surface area contributed by atoms with E-state index >= 15 is 0 Å². The van der Waals surface area contributed by atoms with Crippen LogP contribution in [0, 0.1) is 0 Å². The average Bonchev–Trinajstić information content (AvgIpc) is 2.10. The zero-order valence-corrected chi connectivity index (χ0v) is 8.47. The lowest BCUT2D eigenvalue weighted by atomic mass is 10.2. The number of hydrogen-bond donors (Lipinski definition) is 0. The minimum atomic E-state index is -0.713. The number of carbonyl (C=O) groups is 2. The molecule has 0 spiro atoms. The van der Waals surface area contributed by atoms with Crippen LogP contribution in [0.15, 0.2) is 0 Å². The van der Waals surface area contributed by atoms with Crippen LogP contribution < -0.4 is 0 Å². The Morgan fingerprint density at radius 3 is 2.23 bits per heavy atom. The molecule has 0 saturated carbocycles. The van der Waals surface area contributed by atoms with Gasteiger partial charge >= 0.3 is 5.97 Å². The molecule has 0 aliphatic heterocycles. The van der Waals surface area contributed by atoms with Crippen molar-refractivity contribution in [1.29, 1.82) is 0 Å². The van der Waals surface area contributed by atoms with E-state index in [2.05, 4.69) is 6.92 Å². The van der Waals surface area contributed by atoms with Crippen molar-refractivity contribution in [2.45, 2.75) is 46.0 Å². The molecule has 0 amide bonds. The van der Waals surface area contributed by atoms with Gasteiger partial charge in [0.1, 0.15) is 0 Å². The van der Waals surface area contributed by atoms with Crippen LogP contribution >= 0.6 is 0 Å². The van der Waals surface area contributed by atoms with Crippen molar-refractivity contribution in [3.05, 3.63) is 0 Å². The van der Waals surface area contributed by atoms with Crippen LogP contribution in [0.2, 0.25) is 0 Å². The Hall–Kier alpha value is -0.860. The predicted molar refractivity (Wildman–Crippen MR) is 50.4 cm³/mol. The molecule has 0 aromatic heterocycles. The molecular weight excluding hydrogens is 168 g/mol. The Morgan fingerprint density at radius 1 is 1.08 bits per heavy atom. The van der Waals surface area contributed by atoms with E-state index in [1.54, 1.807) is 0 Å². The molecule has 0 rings (SSSR count). The maximum absolute atomic E-state index is 10.7. The normalized spacial score (nSPS) is 9.69. The monoisotopic (exact) mass is 186 g/mol. The lowest BCUT2D eigenvalue weighted by Gasteiger charge is -2.01. The van der Waals surface area contributed by atoms with Gasteiger partial charge in [0.05, 0.1) is 6.61 Å². The molecule has 76 valence electrons. The quantitative estimate of drug-likeness (QED) is 0.347. The second-order valence-electron chi connectivity index (χ2n) is 3.11. The van der Waals surface area contributed by atoms with Crippen LogP contribution in [0.3, 0.4) is 0 Å². The molecule has 0 bridgehead atoms. The fourth-order valence-corrected chi connectivity index (χ4v) is 0.972. The van der Waals surface area contributed by atoms with E-state index in [1.165, 1.54) is 26.2 Å². The summed E-state index contributed by atoms with van der Waals surface area (Å²) in [5, 5.41) is 0. The summed E-state index contributed by atoms with van der Waals surface area (Å²) in [6, 6.07) is 0. The zero-order chi connectivity index (χ0) is 10.1. The number of unbranched alkanes of at least 4 members (excludes halogenated alkanes) is 4. The highest BCUT2D eigenvalue weighted by atomic mass is 16.5. The van der Waals surface area contributed by atoms with Crippen molar-refractivity contribution < 1.29 is 14.3 Å². The Labute approximate surface area is 79.5 Å². The van der Waals surface area contributed by atoms with Crippen LogP contribution in [-0.4, -0.2) is 18.4 Å². The largest absolute Gasteiger partial charge is 0.460 e. The first-order valence-electron chi connectivity index (χ1n) is 4.86. The number of Topliss-reactive ketones (excluding diaryl/α,β-unsaturated/α-hetero) is 1. The summed E-state index contributed by atoms with van der Waals surface area (Å²) in [5.74, 6) is -1.23. The Balaban J connectivity index is 3.16. The average molecular weight is 186 g/mol. The molecule has 0 aliphatic rings. The third kappa shape index (κ3) is 7.50. The van der Waals surface area contributed by atoms with Gasteiger partial charge in [-0.2, -0.15) is 0 Å². The highest BCUT2D eigenvalue weighted by Gasteiger charge is 2.07. The van der Waals surface area contributed by atoms with Crippen LogP contribution in [0.1, 0.15) is 46.0 Å². The lowest BCUT2D eigenvalue weighted by Crippen LogP contribution is -2.14. The second-order valence-corrected chi connectivity index (χ2v) is 3.11. The number of esters is 1. The molecule has 0 N–H and O–H groups in total. The van der Waals surface area contributed by atoms with Crippen molar-refractivity contribution in [2.24, 2.45) is 0 Å². The SMILES string of the molecule is CCCCCCCOC(=O)C(C)=O. The van der Waals surface area contributed by atoms with E-state index in [-0.39, 0.29) is 0 Å². The zero-order valence-electron chi connectivity index (χ0n) is 8.47. The molecule has 0 atom stereocenters. The van der Waals surface area contributed by atoms with Gasteiger partial charge in [-0.3, -0.25) is 4.79 Å². The standard InChI is InChI=1S/C10H18O3/c1-3-4-5-6-7-8-13-10(12)9(2)11/h3-8H2,1-2H3. The van der Waals surface area contributed by atoms with Gasteiger partial charge in [-0.1, -0.05) is 32.6 Å². The van der Waals surface area contributed by atoms with Crippen molar-refractivity contribution in [2.75, 3.05) is 6.61 Å². The first kappa shape index (κ1) is 12.1. The number of ether oxygens (including phenoxy) is 1.